The quantitative estimate of drug-likeness (QED) is 0.323. The Bertz CT molecular complexity index is 320. The summed E-state index contributed by atoms with van der Waals surface area (Å²) in [6.07, 6.45) is 16.3. The molecule has 4 nitrogen and oxygen atoms in total. The van der Waals surface area contributed by atoms with Crippen molar-refractivity contribution in [2.45, 2.75) is 117 Å². The molecule has 2 unspecified atom stereocenters. The molecule has 2 atom stereocenters. The molecule has 0 radical (unpaired) electrons. The van der Waals surface area contributed by atoms with Gasteiger partial charge in [-0.1, -0.05) is 90.9 Å². The highest BCUT2D eigenvalue weighted by Crippen LogP contribution is 2.21. The number of carbonyl (C=O) groups is 2. The molecule has 0 saturated heterocycles. The van der Waals surface area contributed by atoms with Crippen LogP contribution in [0, 0.1) is 11.8 Å². The van der Waals surface area contributed by atoms with Crippen molar-refractivity contribution in [3.8, 4) is 0 Å². The van der Waals surface area contributed by atoms with Crippen LogP contribution in [-0.2, 0) is 9.59 Å². The second-order valence-corrected chi connectivity index (χ2v) is 8.14. The largest absolute Gasteiger partial charge is 0.550 e. The van der Waals surface area contributed by atoms with E-state index in [4.69, 9.17) is 0 Å². The van der Waals surface area contributed by atoms with Crippen molar-refractivity contribution >= 4 is 11.9 Å². The van der Waals surface area contributed by atoms with Crippen LogP contribution in [0.25, 0.3) is 0 Å². The fraction of sp³-hybridized carbons (Fsp3) is 0.909. The van der Waals surface area contributed by atoms with Gasteiger partial charge in [0, 0.05) is 11.9 Å². The van der Waals surface area contributed by atoms with Crippen molar-refractivity contribution < 1.29 is 19.8 Å². The van der Waals surface area contributed by atoms with Crippen LogP contribution in [0.3, 0.4) is 0 Å². The molecule has 0 saturated carbocycles. The number of aliphatic carboxylic acids is 2. The van der Waals surface area contributed by atoms with Crippen LogP contribution in [0.15, 0.2) is 0 Å². The van der Waals surface area contributed by atoms with E-state index in [1.807, 2.05) is 0 Å². The molecule has 0 spiro atoms. The Labute approximate surface area is 160 Å². The second-order valence-electron chi connectivity index (χ2n) is 8.14. The molecular weight excluding hydrogens is 328 g/mol. The zero-order valence-corrected chi connectivity index (χ0v) is 17.1. The van der Waals surface area contributed by atoms with Crippen LogP contribution >= 0.6 is 0 Å². The number of unbranched alkanes of at least 4 members (excludes halogenated alkanes) is 7. The highest BCUT2D eigenvalue weighted by atomic mass is 16.4. The lowest BCUT2D eigenvalue weighted by Gasteiger charge is -2.14. The van der Waals surface area contributed by atoms with Gasteiger partial charge >= 0.3 is 0 Å². The van der Waals surface area contributed by atoms with Gasteiger partial charge in [-0.15, -0.1) is 0 Å². The van der Waals surface area contributed by atoms with Crippen LogP contribution in [0.5, 0.6) is 0 Å². The van der Waals surface area contributed by atoms with Crippen LogP contribution < -0.4 is 10.2 Å². The Morgan fingerprint density at radius 2 is 0.808 bits per heavy atom. The van der Waals surface area contributed by atoms with Crippen LogP contribution in [0.4, 0.5) is 0 Å². The number of carboxylic acids is 2. The molecule has 0 aliphatic rings. The Morgan fingerprint density at radius 3 is 1.12 bits per heavy atom. The average molecular weight is 369 g/mol. The van der Waals surface area contributed by atoms with Gasteiger partial charge in [-0.2, -0.15) is 0 Å². The van der Waals surface area contributed by atoms with Gasteiger partial charge in [-0.25, -0.2) is 0 Å². The average Bonchev–Trinajstić information content (AvgIpc) is 2.57. The SMILES string of the molecule is CC(CCCCCCC(=O)[O-])CCCCC(C)CCCCCCC(=O)[O-]. The Morgan fingerprint density at radius 1 is 0.538 bits per heavy atom. The highest BCUT2D eigenvalue weighted by Gasteiger charge is 2.05. The summed E-state index contributed by atoms with van der Waals surface area (Å²) in [6, 6.07) is 0. The van der Waals surface area contributed by atoms with Gasteiger partial charge in [-0.3, -0.25) is 0 Å². The van der Waals surface area contributed by atoms with E-state index in [0.717, 1.165) is 50.4 Å². The van der Waals surface area contributed by atoms with E-state index in [2.05, 4.69) is 13.8 Å². The number of rotatable bonds is 19. The number of hydrogen-bond donors (Lipinski definition) is 0. The second kappa shape index (κ2) is 17.4. The van der Waals surface area contributed by atoms with E-state index >= 15 is 0 Å². The maximum absolute atomic E-state index is 10.3. The summed E-state index contributed by atoms with van der Waals surface area (Å²) in [5.74, 6) is -0.308. The lowest BCUT2D eigenvalue weighted by Crippen LogP contribution is -2.21. The molecule has 0 heterocycles. The van der Waals surface area contributed by atoms with E-state index in [0.29, 0.717) is 0 Å². The van der Waals surface area contributed by atoms with Crippen molar-refractivity contribution in [2.24, 2.45) is 11.8 Å². The lowest BCUT2D eigenvalue weighted by molar-refractivity contribution is -0.307. The van der Waals surface area contributed by atoms with Crippen molar-refractivity contribution in [1.82, 2.24) is 0 Å². The molecule has 0 aromatic carbocycles. The maximum atomic E-state index is 10.3. The van der Waals surface area contributed by atoms with E-state index in [9.17, 15) is 19.8 Å². The highest BCUT2D eigenvalue weighted by molar-refractivity contribution is 5.64. The minimum atomic E-state index is -0.927. The normalized spacial score (nSPS) is 13.5. The standard InChI is InChI=1S/C22H42O4/c1-19(13-7-3-5-9-17-21(23)24)15-11-12-16-20(2)14-8-4-6-10-18-22(25)26/h19-20H,3-18H2,1-2H3,(H,23,24)(H,25,26)/p-2. The minimum absolute atomic E-state index is 0.202. The Balaban J connectivity index is 3.35. The Hall–Kier alpha value is -1.06. The van der Waals surface area contributed by atoms with Crippen molar-refractivity contribution in [1.29, 1.82) is 0 Å². The third-order valence-corrected chi connectivity index (χ3v) is 5.30. The third kappa shape index (κ3) is 19.3. The molecule has 0 N–H and O–H groups in total. The van der Waals surface area contributed by atoms with E-state index in [1.165, 1.54) is 51.4 Å². The number of carboxylic acid groups (broad SMARTS) is 2. The predicted molar refractivity (Wildman–Crippen MR) is 102 cm³/mol. The first kappa shape index (κ1) is 24.9. The molecule has 154 valence electrons. The van der Waals surface area contributed by atoms with Crippen molar-refractivity contribution in [3.05, 3.63) is 0 Å². The molecule has 0 bridgehead atoms. The summed E-state index contributed by atoms with van der Waals surface area (Å²) in [5.41, 5.74) is 0. The first-order chi connectivity index (χ1) is 12.4. The summed E-state index contributed by atoms with van der Waals surface area (Å²) in [6.45, 7) is 4.66. The first-order valence-electron chi connectivity index (χ1n) is 10.8. The lowest BCUT2D eigenvalue weighted by atomic mass is 9.93. The molecule has 0 aliphatic heterocycles. The molecular formula is C22H40O4-2. The van der Waals surface area contributed by atoms with E-state index in [1.54, 1.807) is 0 Å². The van der Waals surface area contributed by atoms with E-state index in [-0.39, 0.29) is 12.8 Å². The molecule has 4 heteroatoms. The molecule has 26 heavy (non-hydrogen) atoms. The number of carbonyl (C=O) groups excluding carboxylic acids is 2. The molecule has 0 aromatic rings. The fourth-order valence-electron chi connectivity index (χ4n) is 3.51. The van der Waals surface area contributed by atoms with Gasteiger partial charge < -0.3 is 19.8 Å². The predicted octanol–water partition coefficient (Wildman–Crippen LogP) is 4.00. The summed E-state index contributed by atoms with van der Waals surface area (Å²) in [5, 5.41) is 20.6. The van der Waals surface area contributed by atoms with Gasteiger partial charge in [0.2, 0.25) is 0 Å². The molecule has 0 aliphatic carbocycles. The van der Waals surface area contributed by atoms with Gasteiger partial charge in [0.05, 0.1) is 0 Å². The van der Waals surface area contributed by atoms with Crippen LogP contribution in [-0.4, -0.2) is 11.9 Å². The zero-order chi connectivity index (χ0) is 19.6. The van der Waals surface area contributed by atoms with E-state index < -0.39 is 11.9 Å². The smallest absolute Gasteiger partial charge is 0.0414 e. The summed E-state index contributed by atoms with van der Waals surface area (Å²) >= 11 is 0. The fourth-order valence-corrected chi connectivity index (χ4v) is 3.51. The number of hydrogen-bond acceptors (Lipinski definition) is 4. The minimum Gasteiger partial charge on any atom is -0.550 e. The van der Waals surface area contributed by atoms with Gasteiger partial charge in [0.15, 0.2) is 0 Å². The molecule has 0 rings (SSSR count). The molecule has 0 aromatic heterocycles. The summed E-state index contributed by atoms with van der Waals surface area (Å²) in [7, 11) is 0. The van der Waals surface area contributed by atoms with Crippen molar-refractivity contribution in [2.75, 3.05) is 0 Å². The molecule has 0 amide bonds. The Kier molecular flexibility index (Phi) is 16.7. The topological polar surface area (TPSA) is 80.3 Å². The van der Waals surface area contributed by atoms with Gasteiger partial charge in [-0.05, 0) is 37.5 Å². The first-order valence-corrected chi connectivity index (χ1v) is 10.8. The van der Waals surface area contributed by atoms with Crippen LogP contribution in [0.1, 0.15) is 117 Å². The van der Waals surface area contributed by atoms with Gasteiger partial charge in [0.25, 0.3) is 0 Å². The molecule has 0 fully saturated rings. The maximum Gasteiger partial charge on any atom is 0.0414 e. The third-order valence-electron chi connectivity index (χ3n) is 5.30. The monoisotopic (exact) mass is 368 g/mol. The zero-order valence-electron chi connectivity index (χ0n) is 17.1. The van der Waals surface area contributed by atoms with Crippen LogP contribution in [0.2, 0.25) is 0 Å². The van der Waals surface area contributed by atoms with Crippen molar-refractivity contribution in [3.63, 3.8) is 0 Å². The van der Waals surface area contributed by atoms with Gasteiger partial charge in [0.1, 0.15) is 0 Å². The summed E-state index contributed by atoms with van der Waals surface area (Å²) in [4.78, 5) is 20.6. The summed E-state index contributed by atoms with van der Waals surface area (Å²) < 4.78 is 0.